The van der Waals surface area contributed by atoms with Gasteiger partial charge in [-0.15, -0.1) is 0 Å². The molecule has 5 rings (SSSR count). The van der Waals surface area contributed by atoms with Crippen LogP contribution in [-0.4, -0.2) is 105 Å². The number of para-hydroxylation sites is 1. The third-order valence-electron chi connectivity index (χ3n) is 8.91. The SMILES string of the molecule is CC(C)[C@H](NC(=O)OCc1ccc(NC(=O)[C@@H]2CC(F)(F)CN2C(=O)CNC(=O)c2ccnc3ccccc23)cc1)C(=O)N1CCC[C@H]1B(O)O. The number of likely N-dealkylation sites (tertiary alicyclic amines) is 2. The fourth-order valence-electron chi connectivity index (χ4n) is 6.26. The van der Waals surface area contributed by atoms with Crippen LogP contribution >= 0.6 is 0 Å². The van der Waals surface area contributed by atoms with Crippen LogP contribution in [0.5, 0.6) is 0 Å². The van der Waals surface area contributed by atoms with Gasteiger partial charge in [0.05, 0.1) is 30.1 Å². The zero-order valence-electron chi connectivity index (χ0n) is 28.1. The first-order valence-electron chi connectivity index (χ1n) is 16.5. The normalized spacial score (nSPS) is 18.7. The lowest BCUT2D eigenvalue weighted by atomic mass is 9.77. The van der Waals surface area contributed by atoms with Crippen molar-refractivity contribution in [3.8, 4) is 0 Å². The summed E-state index contributed by atoms with van der Waals surface area (Å²) in [5, 5.41) is 27.3. The van der Waals surface area contributed by atoms with Crippen molar-refractivity contribution in [3.05, 3.63) is 71.9 Å². The maximum atomic E-state index is 14.5. The molecule has 0 aliphatic carbocycles. The zero-order valence-corrected chi connectivity index (χ0v) is 28.1. The number of fused-ring (bicyclic) bond motifs is 1. The van der Waals surface area contributed by atoms with E-state index in [1.165, 1.54) is 41.4 Å². The maximum absolute atomic E-state index is 14.5. The molecule has 3 atom stereocenters. The molecule has 5 amide bonds. The molecule has 0 saturated carbocycles. The van der Waals surface area contributed by atoms with Crippen molar-refractivity contribution in [2.24, 2.45) is 5.92 Å². The molecule has 0 radical (unpaired) electrons. The number of amides is 5. The summed E-state index contributed by atoms with van der Waals surface area (Å²) >= 11 is 0. The highest BCUT2D eigenvalue weighted by Crippen LogP contribution is 2.33. The lowest BCUT2D eigenvalue weighted by Gasteiger charge is -2.30. The minimum atomic E-state index is -3.32. The smallest absolute Gasteiger partial charge is 0.445 e. The first-order valence-corrected chi connectivity index (χ1v) is 16.5. The highest BCUT2D eigenvalue weighted by Gasteiger charge is 2.50. The first-order chi connectivity index (χ1) is 24.2. The topological polar surface area (TPSA) is 190 Å². The number of benzene rings is 2. The number of halogens is 2. The average Bonchev–Trinajstić information content (AvgIpc) is 3.73. The number of carbonyl (C=O) groups excluding carboxylic acids is 5. The Hall–Kier alpha value is -5.16. The van der Waals surface area contributed by atoms with E-state index in [4.69, 9.17) is 4.74 Å². The molecule has 2 fully saturated rings. The minimum absolute atomic E-state index is 0.196. The Morgan fingerprint density at radius 3 is 2.47 bits per heavy atom. The summed E-state index contributed by atoms with van der Waals surface area (Å²) in [6.45, 7) is 2.03. The van der Waals surface area contributed by atoms with E-state index in [2.05, 4.69) is 20.9 Å². The van der Waals surface area contributed by atoms with E-state index < -0.39 is 80.3 Å². The average molecular weight is 709 g/mol. The Morgan fingerprint density at radius 2 is 1.76 bits per heavy atom. The predicted octanol–water partition coefficient (Wildman–Crippen LogP) is 2.09. The number of carbonyl (C=O) groups is 5. The number of rotatable bonds is 11. The molecular formula is C34H39BF2N6O8. The summed E-state index contributed by atoms with van der Waals surface area (Å²) in [5.74, 6) is -7.12. The molecule has 0 spiro atoms. The van der Waals surface area contributed by atoms with Crippen molar-refractivity contribution in [2.75, 3.05) is 25.0 Å². The highest BCUT2D eigenvalue weighted by atomic mass is 19.3. The van der Waals surface area contributed by atoms with E-state index in [-0.39, 0.29) is 23.8 Å². The molecule has 0 bridgehead atoms. The number of nitrogens with zero attached hydrogens (tertiary/aromatic N) is 3. The summed E-state index contributed by atoms with van der Waals surface area (Å²) in [6, 6.07) is 12.0. The summed E-state index contributed by atoms with van der Waals surface area (Å²) < 4.78 is 34.3. The van der Waals surface area contributed by atoms with Crippen molar-refractivity contribution < 1.29 is 47.5 Å². The fraction of sp³-hybridized carbons (Fsp3) is 0.412. The quantitative estimate of drug-likeness (QED) is 0.186. The monoisotopic (exact) mass is 708 g/mol. The Balaban J connectivity index is 1.13. The maximum Gasteiger partial charge on any atom is 0.475 e. The van der Waals surface area contributed by atoms with Gasteiger partial charge in [0.2, 0.25) is 17.7 Å². The molecule has 3 heterocycles. The number of hydrogen-bond donors (Lipinski definition) is 5. The summed E-state index contributed by atoms with van der Waals surface area (Å²) in [5.41, 5.74) is 1.58. The lowest BCUT2D eigenvalue weighted by Crippen LogP contribution is -2.55. The number of alkyl carbamates (subject to hydrolysis) is 1. The summed E-state index contributed by atoms with van der Waals surface area (Å²) in [4.78, 5) is 71.0. The minimum Gasteiger partial charge on any atom is -0.445 e. The van der Waals surface area contributed by atoms with Gasteiger partial charge in [-0.05, 0) is 48.6 Å². The molecular weight excluding hydrogens is 669 g/mol. The number of hydrogen-bond acceptors (Lipinski definition) is 9. The molecule has 2 aromatic carbocycles. The van der Waals surface area contributed by atoms with E-state index in [1.807, 2.05) is 0 Å². The molecule has 2 saturated heterocycles. The van der Waals surface area contributed by atoms with E-state index in [9.17, 15) is 42.8 Å². The van der Waals surface area contributed by atoms with Crippen LogP contribution in [0.2, 0.25) is 0 Å². The number of ether oxygens (including phenoxy) is 1. The first kappa shape index (κ1) is 37.1. The molecule has 51 heavy (non-hydrogen) atoms. The van der Waals surface area contributed by atoms with Crippen LogP contribution in [0.4, 0.5) is 19.3 Å². The second-order valence-electron chi connectivity index (χ2n) is 12.9. The summed E-state index contributed by atoms with van der Waals surface area (Å²) in [7, 11) is -1.69. The Bertz CT molecular complexity index is 1770. The number of nitrogens with one attached hydrogen (secondary N) is 3. The third kappa shape index (κ3) is 8.96. The van der Waals surface area contributed by atoms with Crippen molar-refractivity contribution in [1.82, 2.24) is 25.4 Å². The van der Waals surface area contributed by atoms with Gasteiger partial charge in [-0.3, -0.25) is 24.2 Å². The number of pyridine rings is 1. The number of anilines is 1. The van der Waals surface area contributed by atoms with Gasteiger partial charge in [-0.1, -0.05) is 44.2 Å². The number of alkyl halides is 2. The van der Waals surface area contributed by atoms with E-state index >= 15 is 0 Å². The van der Waals surface area contributed by atoms with Gasteiger partial charge < -0.3 is 40.5 Å². The van der Waals surface area contributed by atoms with Crippen LogP contribution in [0, 0.1) is 5.92 Å². The molecule has 270 valence electrons. The molecule has 0 unspecified atom stereocenters. The third-order valence-corrected chi connectivity index (χ3v) is 8.91. The standard InChI is InChI=1S/C34H39BF2N6O8/c1-20(2)29(32(47)42-15-5-8-27(42)35(49)50)41-33(48)51-18-21-9-11-22(12-10-21)40-31(46)26-16-34(36,37)19-43(26)28(44)17-39-30(45)24-13-14-38-25-7-4-3-6-23(24)25/h3-4,6-7,9-14,20,26-27,29,49-50H,5,8,15-19H2,1-2H3,(H,39,45)(H,40,46)(H,41,48)/t26-,27-,29-/m0/s1. The molecule has 17 heteroatoms. The Labute approximate surface area is 292 Å². The van der Waals surface area contributed by atoms with Gasteiger partial charge in [-0.25, -0.2) is 13.6 Å². The second kappa shape index (κ2) is 15.8. The second-order valence-corrected chi connectivity index (χ2v) is 12.9. The van der Waals surface area contributed by atoms with Crippen LogP contribution in [-0.2, 0) is 25.7 Å². The van der Waals surface area contributed by atoms with Gasteiger partial charge in [0.1, 0.15) is 18.7 Å². The molecule has 2 aliphatic rings. The van der Waals surface area contributed by atoms with Crippen LogP contribution in [0.15, 0.2) is 60.8 Å². The van der Waals surface area contributed by atoms with Gasteiger partial charge in [0.15, 0.2) is 0 Å². The van der Waals surface area contributed by atoms with Crippen molar-refractivity contribution in [2.45, 2.75) is 63.7 Å². The van der Waals surface area contributed by atoms with Crippen LogP contribution in [0.1, 0.15) is 49.0 Å². The van der Waals surface area contributed by atoms with Crippen LogP contribution in [0.3, 0.4) is 0 Å². The highest BCUT2D eigenvalue weighted by molar-refractivity contribution is 6.43. The van der Waals surface area contributed by atoms with E-state index in [1.54, 1.807) is 38.1 Å². The molecule has 1 aromatic heterocycles. The van der Waals surface area contributed by atoms with Gasteiger partial charge in [-0.2, -0.15) is 0 Å². The van der Waals surface area contributed by atoms with E-state index in [0.717, 1.165) is 4.90 Å². The predicted molar refractivity (Wildman–Crippen MR) is 181 cm³/mol. The fourth-order valence-corrected chi connectivity index (χ4v) is 6.26. The van der Waals surface area contributed by atoms with Crippen molar-refractivity contribution >= 4 is 53.4 Å². The van der Waals surface area contributed by atoms with Crippen molar-refractivity contribution in [3.63, 3.8) is 0 Å². The number of aromatic nitrogens is 1. The Kier molecular flexibility index (Phi) is 11.5. The van der Waals surface area contributed by atoms with Gasteiger partial charge in [0.25, 0.3) is 11.8 Å². The van der Waals surface area contributed by atoms with Gasteiger partial charge in [0, 0.05) is 30.2 Å². The van der Waals surface area contributed by atoms with Gasteiger partial charge >= 0.3 is 13.2 Å². The molecule has 3 aromatic rings. The summed E-state index contributed by atoms with van der Waals surface area (Å²) in [6.07, 6.45) is 0.727. The van der Waals surface area contributed by atoms with Crippen LogP contribution in [0.25, 0.3) is 10.9 Å². The molecule has 14 nitrogen and oxygen atoms in total. The van der Waals surface area contributed by atoms with E-state index in [0.29, 0.717) is 35.9 Å². The Morgan fingerprint density at radius 1 is 1.04 bits per heavy atom. The van der Waals surface area contributed by atoms with Crippen LogP contribution < -0.4 is 16.0 Å². The molecule has 5 N–H and O–H groups in total. The zero-order chi connectivity index (χ0) is 36.9. The van der Waals surface area contributed by atoms with Crippen molar-refractivity contribution in [1.29, 1.82) is 0 Å². The lowest BCUT2D eigenvalue weighted by molar-refractivity contribution is -0.136. The largest absolute Gasteiger partial charge is 0.475 e. The molecule has 2 aliphatic heterocycles.